The molecule has 2 rings (SSSR count). The number of hydrogen-bond acceptors (Lipinski definition) is 2. The fourth-order valence-corrected chi connectivity index (χ4v) is 1.63. The predicted octanol–water partition coefficient (Wildman–Crippen LogP) is 2.22. The van der Waals surface area contributed by atoms with Crippen LogP contribution in [-0.2, 0) is 0 Å². The van der Waals surface area contributed by atoms with E-state index in [0.29, 0.717) is 5.56 Å². The molecule has 0 aliphatic rings. The van der Waals surface area contributed by atoms with E-state index in [-0.39, 0.29) is 5.91 Å². The number of amides is 1. The van der Waals surface area contributed by atoms with Crippen LogP contribution in [0.25, 0.3) is 11.1 Å². The van der Waals surface area contributed by atoms with Crippen LogP contribution in [0.5, 0.6) is 0 Å². The summed E-state index contributed by atoms with van der Waals surface area (Å²) in [6, 6.07) is 17.6. The Balaban J connectivity index is 2.22. The summed E-state index contributed by atoms with van der Waals surface area (Å²) in [5.74, 6) is -0.132. The van der Waals surface area contributed by atoms with Gasteiger partial charge in [0.15, 0.2) is 0 Å². The third kappa shape index (κ3) is 2.71. The van der Waals surface area contributed by atoms with E-state index in [2.05, 4.69) is 10.9 Å². The topological polar surface area (TPSA) is 41.1 Å². The lowest BCUT2D eigenvalue weighted by Crippen LogP contribution is -2.33. The maximum absolute atomic E-state index is 11.5. The average molecular weight is 226 g/mol. The van der Waals surface area contributed by atoms with Crippen LogP contribution < -0.4 is 10.9 Å². The van der Waals surface area contributed by atoms with Crippen LogP contribution >= 0.6 is 0 Å². The number of carbonyl (C=O) groups excluding carboxylic acids is 1. The molecular formula is C14H14N2O. The van der Waals surface area contributed by atoms with Crippen molar-refractivity contribution >= 4 is 5.91 Å². The van der Waals surface area contributed by atoms with Gasteiger partial charge in [-0.05, 0) is 23.3 Å². The molecule has 2 aromatic rings. The first-order valence-electron chi connectivity index (χ1n) is 5.44. The standard InChI is InChI=1S/C14H14N2O/c1-15-16-14(17)13-9-7-12(8-10-13)11-5-3-2-4-6-11/h2-10,15H,1H3,(H,16,17). The Bertz CT molecular complexity index is 491. The zero-order chi connectivity index (χ0) is 12.1. The van der Waals surface area contributed by atoms with E-state index >= 15 is 0 Å². The second kappa shape index (κ2) is 5.27. The largest absolute Gasteiger partial charge is 0.288 e. The van der Waals surface area contributed by atoms with Gasteiger partial charge in [-0.2, -0.15) is 0 Å². The Morgan fingerprint density at radius 3 is 2.06 bits per heavy atom. The number of benzene rings is 2. The van der Waals surface area contributed by atoms with Gasteiger partial charge in [0.25, 0.3) is 5.91 Å². The van der Waals surface area contributed by atoms with E-state index < -0.39 is 0 Å². The first-order chi connectivity index (χ1) is 8.31. The molecule has 0 fully saturated rings. The highest BCUT2D eigenvalue weighted by atomic mass is 16.2. The predicted molar refractivity (Wildman–Crippen MR) is 68.4 cm³/mol. The molecular weight excluding hydrogens is 212 g/mol. The number of hydrazine groups is 1. The SMILES string of the molecule is CNNC(=O)c1ccc(-c2ccccc2)cc1. The van der Waals surface area contributed by atoms with E-state index in [1.165, 1.54) is 0 Å². The summed E-state index contributed by atoms with van der Waals surface area (Å²) in [5.41, 5.74) is 8.03. The lowest BCUT2D eigenvalue weighted by atomic mass is 10.0. The number of rotatable bonds is 3. The van der Waals surface area contributed by atoms with Gasteiger partial charge in [0.05, 0.1) is 0 Å². The normalized spacial score (nSPS) is 9.94. The van der Waals surface area contributed by atoms with Gasteiger partial charge in [0.2, 0.25) is 0 Å². The van der Waals surface area contributed by atoms with Gasteiger partial charge in [-0.1, -0.05) is 42.5 Å². The van der Waals surface area contributed by atoms with Crippen molar-refractivity contribution in [1.29, 1.82) is 0 Å². The van der Waals surface area contributed by atoms with Gasteiger partial charge >= 0.3 is 0 Å². The second-order valence-electron chi connectivity index (χ2n) is 3.65. The van der Waals surface area contributed by atoms with Gasteiger partial charge in [0.1, 0.15) is 0 Å². The molecule has 3 heteroatoms. The summed E-state index contributed by atoms with van der Waals surface area (Å²) in [7, 11) is 1.66. The van der Waals surface area contributed by atoms with Gasteiger partial charge in [-0.15, -0.1) is 0 Å². The van der Waals surface area contributed by atoms with Crippen LogP contribution in [0.1, 0.15) is 10.4 Å². The monoisotopic (exact) mass is 226 g/mol. The third-order valence-electron chi connectivity index (χ3n) is 2.49. The molecule has 0 saturated carbocycles. The van der Waals surface area contributed by atoms with Crippen molar-refractivity contribution in [2.75, 3.05) is 7.05 Å². The Morgan fingerprint density at radius 2 is 1.47 bits per heavy atom. The maximum Gasteiger partial charge on any atom is 0.265 e. The van der Waals surface area contributed by atoms with E-state index in [1.54, 1.807) is 7.05 Å². The second-order valence-corrected chi connectivity index (χ2v) is 3.65. The van der Waals surface area contributed by atoms with Gasteiger partial charge in [-0.3, -0.25) is 10.2 Å². The fourth-order valence-electron chi connectivity index (χ4n) is 1.63. The van der Waals surface area contributed by atoms with Crippen molar-refractivity contribution < 1.29 is 4.79 Å². The summed E-state index contributed by atoms with van der Waals surface area (Å²) in [5, 5.41) is 0. The molecule has 2 aromatic carbocycles. The zero-order valence-electron chi connectivity index (χ0n) is 9.60. The molecule has 0 saturated heterocycles. The summed E-state index contributed by atoms with van der Waals surface area (Å²) in [4.78, 5) is 11.5. The summed E-state index contributed by atoms with van der Waals surface area (Å²) >= 11 is 0. The first-order valence-corrected chi connectivity index (χ1v) is 5.44. The summed E-state index contributed by atoms with van der Waals surface area (Å²) in [6.07, 6.45) is 0. The highest BCUT2D eigenvalue weighted by Crippen LogP contribution is 2.18. The summed E-state index contributed by atoms with van der Waals surface area (Å²) in [6.45, 7) is 0. The average Bonchev–Trinajstić information content (AvgIpc) is 2.40. The molecule has 86 valence electrons. The Labute approximate surface area is 100 Å². The quantitative estimate of drug-likeness (QED) is 0.788. The first kappa shape index (κ1) is 11.4. The van der Waals surface area contributed by atoms with Crippen LogP contribution in [0.15, 0.2) is 54.6 Å². The van der Waals surface area contributed by atoms with Gasteiger partial charge in [0, 0.05) is 12.6 Å². The molecule has 0 unspecified atom stereocenters. The third-order valence-corrected chi connectivity index (χ3v) is 2.49. The molecule has 0 aliphatic carbocycles. The molecule has 1 amide bonds. The Hall–Kier alpha value is -2.13. The van der Waals surface area contributed by atoms with E-state index in [9.17, 15) is 4.79 Å². The van der Waals surface area contributed by atoms with Crippen LogP contribution in [0.4, 0.5) is 0 Å². The number of nitrogens with one attached hydrogen (secondary N) is 2. The highest BCUT2D eigenvalue weighted by Gasteiger charge is 2.03. The minimum absolute atomic E-state index is 0.132. The fraction of sp³-hybridized carbons (Fsp3) is 0.0714. The molecule has 17 heavy (non-hydrogen) atoms. The minimum Gasteiger partial charge on any atom is -0.288 e. The molecule has 2 N–H and O–H groups in total. The van der Waals surface area contributed by atoms with Crippen molar-refractivity contribution in [2.24, 2.45) is 0 Å². The molecule has 0 aliphatic heterocycles. The minimum atomic E-state index is -0.132. The molecule has 0 aromatic heterocycles. The van der Waals surface area contributed by atoms with Gasteiger partial charge < -0.3 is 0 Å². The van der Waals surface area contributed by atoms with Crippen LogP contribution in [-0.4, -0.2) is 13.0 Å². The number of carbonyl (C=O) groups is 1. The Kier molecular flexibility index (Phi) is 3.52. The van der Waals surface area contributed by atoms with Crippen molar-refractivity contribution in [3.8, 4) is 11.1 Å². The van der Waals surface area contributed by atoms with Crippen LogP contribution in [0.3, 0.4) is 0 Å². The maximum atomic E-state index is 11.5. The molecule has 0 radical (unpaired) electrons. The van der Waals surface area contributed by atoms with E-state index in [1.807, 2.05) is 54.6 Å². The van der Waals surface area contributed by atoms with Crippen molar-refractivity contribution in [2.45, 2.75) is 0 Å². The van der Waals surface area contributed by atoms with E-state index in [0.717, 1.165) is 11.1 Å². The van der Waals surface area contributed by atoms with Crippen molar-refractivity contribution in [1.82, 2.24) is 10.9 Å². The van der Waals surface area contributed by atoms with Gasteiger partial charge in [-0.25, -0.2) is 5.43 Å². The smallest absolute Gasteiger partial charge is 0.265 e. The molecule has 0 spiro atoms. The van der Waals surface area contributed by atoms with Crippen molar-refractivity contribution in [3.63, 3.8) is 0 Å². The molecule has 0 heterocycles. The summed E-state index contributed by atoms with van der Waals surface area (Å²) < 4.78 is 0. The molecule has 0 bridgehead atoms. The Morgan fingerprint density at radius 1 is 0.882 bits per heavy atom. The number of hydrogen-bond donors (Lipinski definition) is 2. The molecule has 3 nitrogen and oxygen atoms in total. The lowest BCUT2D eigenvalue weighted by Gasteiger charge is -2.05. The zero-order valence-corrected chi connectivity index (χ0v) is 9.60. The van der Waals surface area contributed by atoms with Crippen molar-refractivity contribution in [3.05, 3.63) is 60.2 Å². The lowest BCUT2D eigenvalue weighted by molar-refractivity contribution is 0.0938. The van der Waals surface area contributed by atoms with E-state index in [4.69, 9.17) is 0 Å². The highest BCUT2D eigenvalue weighted by molar-refractivity contribution is 5.94. The van der Waals surface area contributed by atoms with Crippen LogP contribution in [0, 0.1) is 0 Å². The van der Waals surface area contributed by atoms with Crippen LogP contribution in [0.2, 0.25) is 0 Å². The molecule has 0 atom stereocenters.